The third-order valence-corrected chi connectivity index (χ3v) is 5.41. The molecule has 0 radical (unpaired) electrons. The molecule has 22 heavy (non-hydrogen) atoms. The average molecular weight is 515 g/mol. The molecule has 2 aromatic rings. The quantitative estimate of drug-likeness (QED) is 0.349. The van der Waals surface area contributed by atoms with Crippen LogP contribution in [0.25, 0.3) is 0 Å². The molecule has 4 nitrogen and oxygen atoms in total. The van der Waals surface area contributed by atoms with Crippen LogP contribution >= 0.6 is 62.6 Å². The van der Waals surface area contributed by atoms with Crippen LogP contribution in [0.4, 0.5) is 0 Å². The zero-order valence-corrected chi connectivity index (χ0v) is 18.3. The summed E-state index contributed by atoms with van der Waals surface area (Å²) in [5.74, 6) is 1.27. The SMILES string of the molecule is CN=C(NCc1cc(Br)cs1)NCc1nc(C(C)C)cs1.I. The van der Waals surface area contributed by atoms with Gasteiger partial charge in [-0.1, -0.05) is 13.8 Å². The lowest BCUT2D eigenvalue weighted by Crippen LogP contribution is -2.36. The highest BCUT2D eigenvalue weighted by molar-refractivity contribution is 14.0. The highest BCUT2D eigenvalue weighted by Crippen LogP contribution is 2.19. The lowest BCUT2D eigenvalue weighted by molar-refractivity contribution is 0.788. The number of thiophene rings is 1. The van der Waals surface area contributed by atoms with Crippen molar-refractivity contribution >= 4 is 68.5 Å². The Morgan fingerprint density at radius 2 is 2.00 bits per heavy atom. The van der Waals surface area contributed by atoms with Gasteiger partial charge in [0, 0.05) is 27.2 Å². The van der Waals surface area contributed by atoms with Crippen molar-refractivity contribution in [2.75, 3.05) is 7.05 Å². The second-order valence-electron chi connectivity index (χ2n) is 4.83. The molecule has 2 heterocycles. The van der Waals surface area contributed by atoms with Gasteiger partial charge in [-0.3, -0.25) is 4.99 Å². The standard InChI is InChI=1S/C14H19BrN4S2.HI/c1-9(2)12-8-21-13(19-12)6-18-14(16-3)17-5-11-4-10(15)7-20-11;/h4,7-9H,5-6H2,1-3H3,(H2,16,17,18);1H. The lowest BCUT2D eigenvalue weighted by atomic mass is 10.2. The molecule has 0 aromatic carbocycles. The summed E-state index contributed by atoms with van der Waals surface area (Å²) in [6.07, 6.45) is 0. The Balaban J connectivity index is 0.00000242. The molecule has 0 aliphatic heterocycles. The monoisotopic (exact) mass is 514 g/mol. The van der Waals surface area contributed by atoms with Gasteiger partial charge in [-0.05, 0) is 27.9 Å². The van der Waals surface area contributed by atoms with Crippen LogP contribution in [0, 0.1) is 0 Å². The van der Waals surface area contributed by atoms with Gasteiger partial charge in [0.1, 0.15) is 5.01 Å². The number of guanidine groups is 1. The Kier molecular flexibility index (Phi) is 8.88. The third kappa shape index (κ3) is 6.13. The molecule has 0 unspecified atom stereocenters. The molecule has 0 aliphatic rings. The highest BCUT2D eigenvalue weighted by atomic mass is 127. The van der Waals surface area contributed by atoms with E-state index < -0.39 is 0 Å². The number of aliphatic imine (C=N–C) groups is 1. The van der Waals surface area contributed by atoms with Crippen molar-refractivity contribution in [3.8, 4) is 0 Å². The van der Waals surface area contributed by atoms with Gasteiger partial charge in [-0.25, -0.2) is 4.98 Å². The maximum absolute atomic E-state index is 4.61. The summed E-state index contributed by atoms with van der Waals surface area (Å²) in [7, 11) is 1.78. The van der Waals surface area contributed by atoms with E-state index in [-0.39, 0.29) is 24.0 Å². The molecule has 2 rings (SSSR count). The van der Waals surface area contributed by atoms with E-state index in [2.05, 4.69) is 67.2 Å². The number of nitrogens with zero attached hydrogens (tertiary/aromatic N) is 2. The summed E-state index contributed by atoms with van der Waals surface area (Å²) in [5, 5.41) is 11.9. The van der Waals surface area contributed by atoms with Crippen LogP contribution in [0.1, 0.15) is 35.3 Å². The molecule has 0 saturated carbocycles. The molecule has 0 atom stereocenters. The number of hydrogen-bond donors (Lipinski definition) is 2. The number of rotatable bonds is 5. The minimum Gasteiger partial charge on any atom is -0.352 e. The van der Waals surface area contributed by atoms with Crippen molar-refractivity contribution in [2.45, 2.75) is 32.9 Å². The fraction of sp³-hybridized carbons (Fsp3) is 0.429. The fourth-order valence-electron chi connectivity index (χ4n) is 1.67. The van der Waals surface area contributed by atoms with Crippen LogP contribution in [0.2, 0.25) is 0 Å². The van der Waals surface area contributed by atoms with E-state index in [0.717, 1.165) is 27.7 Å². The van der Waals surface area contributed by atoms with E-state index in [9.17, 15) is 0 Å². The zero-order chi connectivity index (χ0) is 15.2. The molecule has 0 amide bonds. The summed E-state index contributed by atoms with van der Waals surface area (Å²) >= 11 is 6.87. The number of nitrogens with one attached hydrogen (secondary N) is 2. The van der Waals surface area contributed by atoms with Crippen molar-refractivity contribution in [1.82, 2.24) is 15.6 Å². The predicted molar refractivity (Wildman–Crippen MR) is 111 cm³/mol. The van der Waals surface area contributed by atoms with Gasteiger partial charge >= 0.3 is 0 Å². The van der Waals surface area contributed by atoms with E-state index in [0.29, 0.717) is 12.5 Å². The molecule has 2 aromatic heterocycles. The van der Waals surface area contributed by atoms with E-state index in [1.54, 1.807) is 29.7 Å². The van der Waals surface area contributed by atoms with Gasteiger partial charge < -0.3 is 10.6 Å². The van der Waals surface area contributed by atoms with E-state index in [1.165, 1.54) is 4.88 Å². The first-order valence-corrected chi connectivity index (χ1v) is 9.25. The third-order valence-electron chi connectivity index (χ3n) is 2.84. The van der Waals surface area contributed by atoms with E-state index in [1.807, 2.05) is 0 Å². The number of aromatic nitrogens is 1. The maximum atomic E-state index is 4.61. The fourth-order valence-corrected chi connectivity index (χ4v) is 3.95. The average Bonchev–Trinajstić information content (AvgIpc) is 3.08. The van der Waals surface area contributed by atoms with Gasteiger partial charge in [0.15, 0.2) is 5.96 Å². The Morgan fingerprint density at radius 1 is 1.27 bits per heavy atom. The van der Waals surface area contributed by atoms with Crippen LogP contribution < -0.4 is 10.6 Å². The van der Waals surface area contributed by atoms with Crippen LogP contribution in [-0.4, -0.2) is 18.0 Å². The maximum Gasteiger partial charge on any atom is 0.191 e. The number of halogens is 2. The smallest absolute Gasteiger partial charge is 0.191 e. The summed E-state index contributed by atoms with van der Waals surface area (Å²) in [6.45, 7) is 5.79. The van der Waals surface area contributed by atoms with Gasteiger partial charge in [-0.2, -0.15) is 0 Å². The van der Waals surface area contributed by atoms with Crippen molar-refractivity contribution in [3.05, 3.63) is 36.9 Å². The van der Waals surface area contributed by atoms with Gasteiger partial charge in [-0.15, -0.1) is 46.7 Å². The van der Waals surface area contributed by atoms with Crippen molar-refractivity contribution in [2.24, 2.45) is 4.99 Å². The molecule has 0 saturated heterocycles. The minimum atomic E-state index is 0. The van der Waals surface area contributed by atoms with Crippen molar-refractivity contribution in [1.29, 1.82) is 0 Å². The number of hydrogen-bond acceptors (Lipinski definition) is 4. The Bertz CT molecular complexity index is 610. The summed E-state index contributed by atoms with van der Waals surface area (Å²) < 4.78 is 1.12. The molecular formula is C14H20BrIN4S2. The molecule has 2 N–H and O–H groups in total. The second-order valence-corrected chi connectivity index (χ2v) is 7.69. The number of thiazole rings is 1. The van der Waals surface area contributed by atoms with Gasteiger partial charge in [0.2, 0.25) is 0 Å². The molecular weight excluding hydrogens is 495 g/mol. The molecule has 0 aliphatic carbocycles. The van der Waals surface area contributed by atoms with Gasteiger partial charge in [0.05, 0.1) is 18.8 Å². The van der Waals surface area contributed by atoms with E-state index in [4.69, 9.17) is 0 Å². The van der Waals surface area contributed by atoms with E-state index >= 15 is 0 Å². The van der Waals surface area contributed by atoms with Crippen LogP contribution in [-0.2, 0) is 13.1 Å². The first-order chi connectivity index (χ1) is 10.1. The molecule has 122 valence electrons. The second kappa shape index (κ2) is 9.84. The Hall–Kier alpha value is -0.190. The Morgan fingerprint density at radius 3 is 2.55 bits per heavy atom. The lowest BCUT2D eigenvalue weighted by Gasteiger charge is -2.09. The van der Waals surface area contributed by atoms with Gasteiger partial charge in [0.25, 0.3) is 0 Å². The summed E-state index contributed by atoms with van der Waals surface area (Å²) in [4.78, 5) is 10.1. The van der Waals surface area contributed by atoms with Crippen LogP contribution in [0.15, 0.2) is 26.3 Å². The molecule has 8 heteroatoms. The normalized spacial score (nSPS) is 11.4. The topological polar surface area (TPSA) is 49.3 Å². The molecule has 0 spiro atoms. The first kappa shape index (κ1) is 19.9. The molecule has 0 fully saturated rings. The summed E-state index contributed by atoms with van der Waals surface area (Å²) in [6, 6.07) is 2.11. The largest absolute Gasteiger partial charge is 0.352 e. The van der Waals surface area contributed by atoms with Crippen molar-refractivity contribution in [3.63, 3.8) is 0 Å². The summed E-state index contributed by atoms with van der Waals surface area (Å²) in [5.41, 5.74) is 1.16. The van der Waals surface area contributed by atoms with Crippen molar-refractivity contribution < 1.29 is 0 Å². The molecule has 0 bridgehead atoms. The minimum absolute atomic E-state index is 0. The Labute approximate surface area is 165 Å². The van der Waals surface area contributed by atoms with Crippen LogP contribution in [0.5, 0.6) is 0 Å². The first-order valence-electron chi connectivity index (χ1n) is 6.70. The highest BCUT2D eigenvalue weighted by Gasteiger charge is 2.06. The predicted octanol–water partition coefficient (Wildman–Crippen LogP) is 4.57. The zero-order valence-electron chi connectivity index (χ0n) is 12.7. The van der Waals surface area contributed by atoms with Crippen LogP contribution in [0.3, 0.4) is 0 Å².